The van der Waals surface area contributed by atoms with Crippen LogP contribution in [0.1, 0.15) is 24.6 Å². The van der Waals surface area contributed by atoms with Crippen LogP contribution in [0.15, 0.2) is 48.7 Å². The minimum atomic E-state index is -0.554. The second kappa shape index (κ2) is 10.0. The number of benzene rings is 2. The van der Waals surface area contributed by atoms with Crippen molar-refractivity contribution in [2.75, 3.05) is 6.54 Å². The lowest BCUT2D eigenvalue weighted by atomic mass is 10.1. The topological polar surface area (TPSA) is 56.1 Å². The number of rotatable bonds is 7. The van der Waals surface area contributed by atoms with Crippen LogP contribution < -0.4 is 10.1 Å². The summed E-state index contributed by atoms with van der Waals surface area (Å²) >= 11 is 18.3. The number of hydrogen-bond donors (Lipinski definition) is 1. The third-order valence-electron chi connectivity index (χ3n) is 4.30. The summed E-state index contributed by atoms with van der Waals surface area (Å²) in [5.41, 5.74) is 2.46. The maximum atomic E-state index is 12.3. The first-order valence-electron chi connectivity index (χ1n) is 9.21. The molecule has 0 spiro atoms. The second-order valence-electron chi connectivity index (χ2n) is 6.36. The first-order chi connectivity index (χ1) is 14.0. The van der Waals surface area contributed by atoms with E-state index in [4.69, 9.17) is 39.5 Å². The number of nitrogens with one attached hydrogen (secondary N) is 1. The lowest BCUT2D eigenvalue weighted by molar-refractivity contribution is 0.200. The summed E-state index contributed by atoms with van der Waals surface area (Å²) in [4.78, 5) is 12.3. The van der Waals surface area contributed by atoms with Crippen molar-refractivity contribution in [3.05, 3.63) is 75.0 Å². The summed E-state index contributed by atoms with van der Waals surface area (Å²) in [5.74, 6) is 0.426. The first-order valence-corrected chi connectivity index (χ1v) is 10.3. The summed E-state index contributed by atoms with van der Waals surface area (Å²) in [6, 6.07) is 12.6. The second-order valence-corrected chi connectivity index (χ2v) is 7.61. The minimum Gasteiger partial charge on any atom is -0.407 e. The summed E-state index contributed by atoms with van der Waals surface area (Å²) in [6.07, 6.45) is 3.08. The van der Waals surface area contributed by atoms with Crippen LogP contribution >= 0.6 is 34.8 Å². The van der Waals surface area contributed by atoms with Gasteiger partial charge in [-0.2, -0.15) is 5.10 Å². The molecule has 1 amide bonds. The average Bonchev–Trinajstić information content (AvgIpc) is 3.07. The van der Waals surface area contributed by atoms with Gasteiger partial charge in [0.05, 0.1) is 17.6 Å². The third kappa shape index (κ3) is 5.44. The number of hydrogen-bond acceptors (Lipinski definition) is 3. The molecular weight excluding hydrogens is 433 g/mol. The van der Waals surface area contributed by atoms with Gasteiger partial charge in [0.1, 0.15) is 0 Å². The Morgan fingerprint density at radius 1 is 1.07 bits per heavy atom. The Hall–Kier alpha value is -2.21. The quantitative estimate of drug-likeness (QED) is 0.470. The van der Waals surface area contributed by atoms with Gasteiger partial charge in [0, 0.05) is 21.6 Å². The molecule has 0 unspecified atom stereocenters. The first kappa shape index (κ1) is 21.5. The van der Waals surface area contributed by atoms with Gasteiger partial charge in [-0.3, -0.25) is 0 Å². The van der Waals surface area contributed by atoms with Gasteiger partial charge in [0.25, 0.3) is 0 Å². The smallest absolute Gasteiger partial charge is 0.407 e. The van der Waals surface area contributed by atoms with Crippen LogP contribution in [0.3, 0.4) is 0 Å². The van der Waals surface area contributed by atoms with Crippen molar-refractivity contribution in [2.45, 2.75) is 26.2 Å². The van der Waals surface area contributed by atoms with E-state index in [0.29, 0.717) is 40.2 Å². The van der Waals surface area contributed by atoms with Gasteiger partial charge >= 0.3 is 6.09 Å². The van der Waals surface area contributed by atoms with E-state index in [1.165, 1.54) is 0 Å². The van der Waals surface area contributed by atoms with Crippen molar-refractivity contribution < 1.29 is 9.53 Å². The van der Waals surface area contributed by atoms with E-state index >= 15 is 0 Å². The SMILES string of the molecule is CCCc1c(OC(=O)NCCc2c(Cl)cccc2Cl)cnn1-c1ccc(Cl)cc1. The van der Waals surface area contributed by atoms with Crippen LogP contribution in [-0.4, -0.2) is 22.4 Å². The molecule has 8 heteroatoms. The molecule has 0 aliphatic rings. The summed E-state index contributed by atoms with van der Waals surface area (Å²) in [6.45, 7) is 2.40. The van der Waals surface area contributed by atoms with Gasteiger partial charge in [-0.05, 0) is 54.8 Å². The number of halogens is 3. The highest BCUT2D eigenvalue weighted by molar-refractivity contribution is 6.36. The lowest BCUT2D eigenvalue weighted by Gasteiger charge is -2.11. The molecule has 152 valence electrons. The Balaban J connectivity index is 1.66. The van der Waals surface area contributed by atoms with Crippen LogP contribution in [0.2, 0.25) is 15.1 Å². The number of aromatic nitrogens is 2. The fourth-order valence-corrected chi connectivity index (χ4v) is 3.62. The van der Waals surface area contributed by atoms with E-state index in [0.717, 1.165) is 23.4 Å². The van der Waals surface area contributed by atoms with Gasteiger partial charge < -0.3 is 10.1 Å². The van der Waals surface area contributed by atoms with E-state index < -0.39 is 6.09 Å². The molecule has 0 bridgehead atoms. The summed E-state index contributed by atoms with van der Waals surface area (Å²) in [7, 11) is 0. The van der Waals surface area contributed by atoms with Gasteiger partial charge in [-0.25, -0.2) is 9.48 Å². The van der Waals surface area contributed by atoms with Crippen molar-refractivity contribution in [3.63, 3.8) is 0 Å². The number of ether oxygens (including phenoxy) is 1. The minimum absolute atomic E-state index is 0.344. The van der Waals surface area contributed by atoms with E-state index in [9.17, 15) is 4.79 Å². The molecule has 2 aromatic carbocycles. The van der Waals surface area contributed by atoms with E-state index in [1.807, 2.05) is 12.1 Å². The number of carbonyl (C=O) groups excluding carboxylic acids is 1. The van der Waals surface area contributed by atoms with Crippen molar-refractivity contribution in [2.24, 2.45) is 0 Å². The Morgan fingerprint density at radius 2 is 1.76 bits per heavy atom. The van der Waals surface area contributed by atoms with Crippen LogP contribution in [0.4, 0.5) is 4.79 Å². The Labute approximate surface area is 184 Å². The Bertz CT molecular complexity index is 967. The molecule has 0 aliphatic carbocycles. The zero-order valence-electron chi connectivity index (χ0n) is 15.8. The molecule has 3 aromatic rings. The molecule has 0 saturated carbocycles. The van der Waals surface area contributed by atoms with Gasteiger partial charge in [0.2, 0.25) is 0 Å². The fourth-order valence-electron chi connectivity index (χ4n) is 2.91. The van der Waals surface area contributed by atoms with Crippen LogP contribution in [-0.2, 0) is 12.8 Å². The number of nitrogens with zero attached hydrogens (tertiary/aromatic N) is 2. The standard InChI is InChI=1S/C21H20Cl3N3O2/c1-2-4-19-20(13-26-27(19)15-9-7-14(22)8-10-15)29-21(28)25-12-11-16-17(23)5-3-6-18(16)24/h3,5-10,13H,2,4,11-12H2,1H3,(H,25,28). The number of carbonyl (C=O) groups is 1. The lowest BCUT2D eigenvalue weighted by Crippen LogP contribution is -2.29. The zero-order chi connectivity index (χ0) is 20.8. The van der Waals surface area contributed by atoms with Crippen LogP contribution in [0.5, 0.6) is 5.75 Å². The van der Waals surface area contributed by atoms with E-state index in [2.05, 4.69) is 17.3 Å². The maximum absolute atomic E-state index is 12.3. The largest absolute Gasteiger partial charge is 0.412 e. The summed E-state index contributed by atoms with van der Waals surface area (Å²) < 4.78 is 7.25. The summed E-state index contributed by atoms with van der Waals surface area (Å²) in [5, 5.41) is 8.89. The predicted molar refractivity (Wildman–Crippen MR) is 117 cm³/mol. The fraction of sp³-hybridized carbons (Fsp3) is 0.238. The monoisotopic (exact) mass is 451 g/mol. The molecule has 5 nitrogen and oxygen atoms in total. The molecule has 29 heavy (non-hydrogen) atoms. The van der Waals surface area contributed by atoms with Crippen molar-refractivity contribution in [3.8, 4) is 11.4 Å². The zero-order valence-corrected chi connectivity index (χ0v) is 18.1. The molecule has 0 atom stereocenters. The van der Waals surface area contributed by atoms with Crippen LogP contribution in [0.25, 0.3) is 5.69 Å². The van der Waals surface area contributed by atoms with Gasteiger partial charge in [-0.1, -0.05) is 54.2 Å². The van der Waals surface area contributed by atoms with Crippen molar-refractivity contribution >= 4 is 40.9 Å². The highest BCUT2D eigenvalue weighted by Gasteiger charge is 2.16. The highest BCUT2D eigenvalue weighted by Crippen LogP contribution is 2.25. The normalized spacial score (nSPS) is 10.8. The molecule has 0 radical (unpaired) electrons. The molecule has 0 fully saturated rings. The van der Waals surface area contributed by atoms with E-state index in [1.54, 1.807) is 41.2 Å². The molecule has 1 N–H and O–H groups in total. The maximum Gasteiger partial charge on any atom is 0.412 e. The average molecular weight is 453 g/mol. The van der Waals surface area contributed by atoms with Gasteiger partial charge in [-0.15, -0.1) is 0 Å². The third-order valence-corrected chi connectivity index (χ3v) is 5.26. The van der Waals surface area contributed by atoms with Crippen molar-refractivity contribution in [1.82, 2.24) is 15.1 Å². The Morgan fingerprint density at radius 3 is 2.41 bits per heavy atom. The van der Waals surface area contributed by atoms with Gasteiger partial charge in [0.15, 0.2) is 5.75 Å². The molecule has 0 saturated heterocycles. The molecule has 0 aliphatic heterocycles. The molecule has 3 rings (SSSR count). The highest BCUT2D eigenvalue weighted by atomic mass is 35.5. The number of amides is 1. The predicted octanol–water partition coefficient (Wildman–Crippen LogP) is 6.12. The Kier molecular flexibility index (Phi) is 7.42. The van der Waals surface area contributed by atoms with E-state index in [-0.39, 0.29) is 0 Å². The molecule has 1 heterocycles. The van der Waals surface area contributed by atoms with Crippen LogP contribution in [0, 0.1) is 0 Å². The van der Waals surface area contributed by atoms with Crippen molar-refractivity contribution in [1.29, 1.82) is 0 Å². The molecular formula is C21H20Cl3N3O2. The molecule has 1 aromatic heterocycles.